The topological polar surface area (TPSA) is 9.23 Å². The number of rotatable bonds is 6. The molecule has 138 valence electrons. The van der Waals surface area contributed by atoms with Gasteiger partial charge in [0, 0.05) is 6.61 Å². The molecule has 3 aliphatic carbocycles. The van der Waals surface area contributed by atoms with E-state index in [1.165, 1.54) is 83.5 Å². The van der Waals surface area contributed by atoms with Gasteiger partial charge in [0.15, 0.2) is 0 Å². The molecule has 0 saturated heterocycles. The first-order valence-electron chi connectivity index (χ1n) is 11.0. The summed E-state index contributed by atoms with van der Waals surface area (Å²) in [6.45, 7) is 7.36. The van der Waals surface area contributed by atoms with Gasteiger partial charge in [-0.1, -0.05) is 32.3 Å². The van der Waals surface area contributed by atoms with E-state index in [1.807, 2.05) is 0 Å². The van der Waals surface area contributed by atoms with Crippen LogP contribution < -0.4 is 0 Å². The first-order chi connectivity index (χ1) is 11.8. The normalized spacial score (nSPS) is 41.0. The Morgan fingerprint density at radius 2 is 1.29 bits per heavy atom. The number of hydrogen-bond acceptors (Lipinski definition) is 1. The van der Waals surface area contributed by atoms with Crippen LogP contribution in [0.5, 0.6) is 0 Å². The minimum absolute atomic E-state index is 0.545. The summed E-state index contributed by atoms with van der Waals surface area (Å²) in [4.78, 5) is 0. The van der Waals surface area contributed by atoms with Gasteiger partial charge in [0.1, 0.15) is 0 Å². The molecule has 3 fully saturated rings. The van der Waals surface area contributed by atoms with Gasteiger partial charge in [0.05, 0.1) is 6.10 Å². The third kappa shape index (κ3) is 5.10. The zero-order chi connectivity index (χ0) is 16.8. The van der Waals surface area contributed by atoms with E-state index in [2.05, 4.69) is 19.6 Å². The van der Waals surface area contributed by atoms with E-state index in [0.29, 0.717) is 6.10 Å². The summed E-state index contributed by atoms with van der Waals surface area (Å²) in [6.07, 6.45) is 21.1. The fourth-order valence-corrected chi connectivity index (χ4v) is 5.66. The van der Waals surface area contributed by atoms with Crippen molar-refractivity contribution in [3.8, 4) is 0 Å². The lowest BCUT2D eigenvalue weighted by Crippen LogP contribution is -2.28. The molecule has 0 aliphatic heterocycles. The molecule has 3 aliphatic rings. The molecule has 3 saturated carbocycles. The second kappa shape index (κ2) is 9.41. The van der Waals surface area contributed by atoms with Gasteiger partial charge in [-0.05, 0) is 93.8 Å². The quantitative estimate of drug-likeness (QED) is 0.488. The molecular formula is C23H40O. The first-order valence-corrected chi connectivity index (χ1v) is 11.0. The average molecular weight is 333 g/mol. The molecule has 0 N–H and O–H groups in total. The van der Waals surface area contributed by atoms with Crippen molar-refractivity contribution < 1.29 is 4.74 Å². The molecule has 0 aromatic rings. The van der Waals surface area contributed by atoms with E-state index in [4.69, 9.17) is 4.74 Å². The van der Waals surface area contributed by atoms with Gasteiger partial charge in [0.2, 0.25) is 0 Å². The Morgan fingerprint density at radius 1 is 0.750 bits per heavy atom. The van der Waals surface area contributed by atoms with E-state index < -0.39 is 0 Å². The van der Waals surface area contributed by atoms with E-state index in [-0.39, 0.29) is 0 Å². The highest BCUT2D eigenvalue weighted by Crippen LogP contribution is 2.42. The minimum atomic E-state index is 0.545. The van der Waals surface area contributed by atoms with Gasteiger partial charge in [-0.15, -0.1) is 6.58 Å². The molecule has 1 nitrogen and oxygen atoms in total. The van der Waals surface area contributed by atoms with E-state index >= 15 is 0 Å². The van der Waals surface area contributed by atoms with Gasteiger partial charge >= 0.3 is 0 Å². The van der Waals surface area contributed by atoms with Crippen molar-refractivity contribution in [1.29, 1.82) is 0 Å². The lowest BCUT2D eigenvalue weighted by molar-refractivity contribution is -0.00940. The van der Waals surface area contributed by atoms with Crippen molar-refractivity contribution in [1.82, 2.24) is 0 Å². The lowest BCUT2D eigenvalue weighted by atomic mass is 9.69. The second-order valence-electron chi connectivity index (χ2n) is 9.08. The summed E-state index contributed by atoms with van der Waals surface area (Å²) in [7, 11) is 0. The Balaban J connectivity index is 1.30. The Hall–Kier alpha value is -0.300. The smallest absolute Gasteiger partial charge is 0.0575 e. The van der Waals surface area contributed by atoms with E-state index in [1.54, 1.807) is 0 Å². The van der Waals surface area contributed by atoms with Gasteiger partial charge in [-0.25, -0.2) is 0 Å². The molecule has 0 bridgehead atoms. The summed E-state index contributed by atoms with van der Waals surface area (Å²) in [5, 5.41) is 0. The molecule has 0 heterocycles. The number of allylic oxidation sites excluding steroid dienone is 1. The van der Waals surface area contributed by atoms with Crippen LogP contribution in [0.1, 0.15) is 90.4 Å². The lowest BCUT2D eigenvalue weighted by Gasteiger charge is -2.38. The van der Waals surface area contributed by atoms with Crippen molar-refractivity contribution in [3.05, 3.63) is 12.7 Å². The van der Waals surface area contributed by atoms with Crippen molar-refractivity contribution in [2.75, 3.05) is 6.61 Å². The Bertz CT molecular complexity index is 352. The van der Waals surface area contributed by atoms with Crippen molar-refractivity contribution in [3.63, 3.8) is 0 Å². The Kier molecular flexibility index (Phi) is 7.25. The highest BCUT2D eigenvalue weighted by molar-refractivity contribution is 4.85. The van der Waals surface area contributed by atoms with Gasteiger partial charge in [-0.3, -0.25) is 0 Å². The molecule has 0 aromatic heterocycles. The molecule has 0 atom stereocenters. The second-order valence-corrected chi connectivity index (χ2v) is 9.08. The highest BCUT2D eigenvalue weighted by atomic mass is 16.5. The zero-order valence-corrected chi connectivity index (χ0v) is 16.1. The molecule has 24 heavy (non-hydrogen) atoms. The molecular weight excluding hydrogens is 292 g/mol. The average Bonchev–Trinajstić information content (AvgIpc) is 2.67. The first kappa shape index (κ1) is 18.5. The molecule has 3 rings (SSSR count). The van der Waals surface area contributed by atoms with Crippen LogP contribution in [0.25, 0.3) is 0 Å². The summed E-state index contributed by atoms with van der Waals surface area (Å²) in [6, 6.07) is 0. The van der Waals surface area contributed by atoms with Crippen molar-refractivity contribution >= 4 is 0 Å². The van der Waals surface area contributed by atoms with Crippen LogP contribution in [0.4, 0.5) is 0 Å². The van der Waals surface area contributed by atoms with Crippen LogP contribution in [-0.4, -0.2) is 12.7 Å². The van der Waals surface area contributed by atoms with Crippen molar-refractivity contribution in [2.24, 2.45) is 29.6 Å². The number of ether oxygens (including phenoxy) is 1. The zero-order valence-electron chi connectivity index (χ0n) is 16.1. The molecule has 1 heteroatoms. The largest absolute Gasteiger partial charge is 0.378 e. The van der Waals surface area contributed by atoms with Crippen molar-refractivity contribution in [2.45, 2.75) is 96.5 Å². The van der Waals surface area contributed by atoms with Gasteiger partial charge in [0.25, 0.3) is 0 Å². The maximum absolute atomic E-state index is 6.29. The summed E-state index contributed by atoms with van der Waals surface area (Å²) in [5.74, 6) is 4.75. The highest BCUT2D eigenvalue weighted by Gasteiger charge is 2.31. The molecule has 0 aromatic carbocycles. The maximum atomic E-state index is 6.29. The van der Waals surface area contributed by atoms with Crippen LogP contribution in [0, 0.1) is 29.6 Å². The predicted octanol–water partition coefficient (Wildman–Crippen LogP) is 6.77. The Labute approximate surface area is 150 Å². The maximum Gasteiger partial charge on any atom is 0.0575 e. The van der Waals surface area contributed by atoms with Crippen LogP contribution in [0.3, 0.4) is 0 Å². The molecule has 0 unspecified atom stereocenters. The molecule has 0 radical (unpaired) electrons. The van der Waals surface area contributed by atoms with Gasteiger partial charge in [-0.2, -0.15) is 0 Å². The van der Waals surface area contributed by atoms with Crippen LogP contribution in [0.15, 0.2) is 12.7 Å². The summed E-state index contributed by atoms with van der Waals surface area (Å²) in [5.41, 5.74) is 0. The fraction of sp³-hybridized carbons (Fsp3) is 0.913. The number of hydrogen-bond donors (Lipinski definition) is 0. The van der Waals surface area contributed by atoms with Gasteiger partial charge < -0.3 is 4.74 Å². The predicted molar refractivity (Wildman–Crippen MR) is 103 cm³/mol. The van der Waals surface area contributed by atoms with E-state index in [9.17, 15) is 0 Å². The third-order valence-electron chi connectivity index (χ3n) is 7.65. The third-order valence-corrected chi connectivity index (χ3v) is 7.65. The standard InChI is InChI=1S/C23H40O/c1-3-18-5-11-21(12-6-18)22-13-7-20(8-14-22)17-24-23-15-9-19(4-2)10-16-23/h4,18-23H,2-3,5-17H2,1H3. The molecule has 0 spiro atoms. The van der Waals surface area contributed by atoms with E-state index in [0.717, 1.165) is 36.2 Å². The van der Waals surface area contributed by atoms with Crippen LogP contribution >= 0.6 is 0 Å². The fourth-order valence-electron chi connectivity index (χ4n) is 5.66. The SMILES string of the molecule is C=CC1CCC(OCC2CCC(C3CCC(CC)CC3)CC2)CC1. The Morgan fingerprint density at radius 3 is 1.79 bits per heavy atom. The summed E-state index contributed by atoms with van der Waals surface area (Å²) >= 11 is 0. The van der Waals surface area contributed by atoms with Crippen LogP contribution in [-0.2, 0) is 4.74 Å². The van der Waals surface area contributed by atoms with Crippen LogP contribution in [0.2, 0.25) is 0 Å². The minimum Gasteiger partial charge on any atom is -0.378 e. The molecule has 0 amide bonds. The monoisotopic (exact) mass is 332 g/mol. The summed E-state index contributed by atoms with van der Waals surface area (Å²) < 4.78 is 6.29.